The molecule has 3 heterocycles. The molecule has 3 saturated heterocycles. The molecule has 0 spiro atoms. The van der Waals surface area contributed by atoms with E-state index in [1.807, 2.05) is 4.90 Å². The fraction of sp³-hybridized carbons (Fsp3) is 0.923. The summed E-state index contributed by atoms with van der Waals surface area (Å²) >= 11 is 0. The molecule has 0 saturated carbocycles. The van der Waals surface area contributed by atoms with E-state index >= 15 is 0 Å². The zero-order chi connectivity index (χ0) is 14.3. The van der Waals surface area contributed by atoms with Crippen LogP contribution in [-0.4, -0.2) is 56.7 Å². The number of hydrogen-bond acceptors (Lipinski definition) is 4. The van der Waals surface area contributed by atoms with E-state index in [9.17, 15) is 13.2 Å². The first kappa shape index (κ1) is 14.3. The molecule has 3 aliphatic rings. The van der Waals surface area contributed by atoms with E-state index < -0.39 is 10.0 Å². The Bertz CT molecular complexity index is 493. The van der Waals surface area contributed by atoms with Gasteiger partial charge in [0.1, 0.15) is 0 Å². The zero-order valence-corrected chi connectivity index (χ0v) is 12.7. The molecular formula is C13H23N3O3S. The maximum Gasteiger partial charge on any atom is 0.227 e. The maximum absolute atomic E-state index is 12.6. The number of amides is 1. The molecule has 2 N–H and O–H groups in total. The van der Waals surface area contributed by atoms with Crippen molar-refractivity contribution in [1.29, 1.82) is 0 Å². The lowest BCUT2D eigenvalue weighted by atomic mass is 9.87. The predicted molar refractivity (Wildman–Crippen MR) is 75.6 cm³/mol. The first-order valence-corrected chi connectivity index (χ1v) is 9.33. The molecule has 0 aliphatic carbocycles. The largest absolute Gasteiger partial charge is 0.341 e. The van der Waals surface area contributed by atoms with Gasteiger partial charge in [-0.05, 0) is 32.1 Å². The normalized spacial score (nSPS) is 37.4. The summed E-state index contributed by atoms with van der Waals surface area (Å²) in [5.41, 5.74) is 0. The SMILES string of the molecule is CS(=O)(=O)NC1CCCN(C(=O)C2CC3CCC2N3)C1. The smallest absolute Gasteiger partial charge is 0.227 e. The van der Waals surface area contributed by atoms with Crippen molar-refractivity contribution in [3.63, 3.8) is 0 Å². The van der Waals surface area contributed by atoms with Crippen molar-refractivity contribution in [2.45, 2.75) is 50.2 Å². The van der Waals surface area contributed by atoms with Gasteiger partial charge in [-0.25, -0.2) is 13.1 Å². The first-order valence-electron chi connectivity index (χ1n) is 7.44. The second-order valence-electron chi connectivity index (χ2n) is 6.40. The number of carbonyl (C=O) groups excluding carboxylic acids is 1. The summed E-state index contributed by atoms with van der Waals surface area (Å²) in [7, 11) is -3.20. The van der Waals surface area contributed by atoms with Gasteiger partial charge in [-0.1, -0.05) is 0 Å². The molecule has 20 heavy (non-hydrogen) atoms. The topological polar surface area (TPSA) is 78.5 Å². The van der Waals surface area contributed by atoms with Crippen molar-refractivity contribution in [1.82, 2.24) is 14.9 Å². The third kappa shape index (κ3) is 2.99. The highest BCUT2D eigenvalue weighted by Crippen LogP contribution is 2.34. The quantitative estimate of drug-likeness (QED) is 0.748. The molecule has 4 atom stereocenters. The van der Waals surface area contributed by atoms with Gasteiger partial charge in [0.25, 0.3) is 0 Å². The number of fused-ring (bicyclic) bond motifs is 2. The minimum Gasteiger partial charge on any atom is -0.341 e. The van der Waals surface area contributed by atoms with Gasteiger partial charge in [-0.15, -0.1) is 0 Å². The number of likely N-dealkylation sites (tertiary alicyclic amines) is 1. The van der Waals surface area contributed by atoms with Crippen molar-refractivity contribution in [2.75, 3.05) is 19.3 Å². The second-order valence-corrected chi connectivity index (χ2v) is 8.18. The van der Waals surface area contributed by atoms with Gasteiger partial charge in [0, 0.05) is 31.2 Å². The van der Waals surface area contributed by atoms with Crippen molar-refractivity contribution in [3.8, 4) is 0 Å². The van der Waals surface area contributed by atoms with Gasteiger partial charge in [0.05, 0.1) is 12.2 Å². The molecule has 4 unspecified atom stereocenters. The summed E-state index contributed by atoms with van der Waals surface area (Å²) in [6.45, 7) is 1.27. The molecule has 2 bridgehead atoms. The van der Waals surface area contributed by atoms with Crippen LogP contribution in [0.15, 0.2) is 0 Å². The second kappa shape index (κ2) is 5.27. The highest BCUT2D eigenvalue weighted by atomic mass is 32.2. The molecule has 3 rings (SSSR count). The summed E-state index contributed by atoms with van der Waals surface area (Å²) in [5, 5.41) is 3.49. The zero-order valence-electron chi connectivity index (χ0n) is 11.8. The number of sulfonamides is 1. The summed E-state index contributed by atoms with van der Waals surface area (Å²) in [5.74, 6) is 0.315. The number of piperidine rings is 1. The van der Waals surface area contributed by atoms with E-state index in [-0.39, 0.29) is 17.9 Å². The summed E-state index contributed by atoms with van der Waals surface area (Å²) in [4.78, 5) is 14.5. The fourth-order valence-corrected chi connectivity index (χ4v) is 4.71. The molecule has 114 valence electrons. The van der Waals surface area contributed by atoms with Crippen LogP contribution in [0.1, 0.15) is 32.1 Å². The van der Waals surface area contributed by atoms with E-state index in [1.54, 1.807) is 0 Å². The number of nitrogens with zero attached hydrogens (tertiary/aromatic N) is 1. The van der Waals surface area contributed by atoms with Crippen molar-refractivity contribution in [2.24, 2.45) is 5.92 Å². The Kier molecular flexibility index (Phi) is 3.77. The van der Waals surface area contributed by atoms with Crippen LogP contribution >= 0.6 is 0 Å². The summed E-state index contributed by atoms with van der Waals surface area (Å²) in [6.07, 6.45) is 6.09. The number of hydrogen-bond donors (Lipinski definition) is 2. The molecule has 0 aromatic carbocycles. The summed E-state index contributed by atoms with van der Waals surface area (Å²) < 4.78 is 25.3. The minimum absolute atomic E-state index is 0.103. The lowest BCUT2D eigenvalue weighted by molar-refractivity contribution is -0.137. The third-order valence-electron chi connectivity index (χ3n) is 4.73. The van der Waals surface area contributed by atoms with Crippen LogP contribution in [-0.2, 0) is 14.8 Å². The Morgan fingerprint density at radius 2 is 2.10 bits per heavy atom. The van der Waals surface area contributed by atoms with Gasteiger partial charge in [0.2, 0.25) is 15.9 Å². The van der Waals surface area contributed by atoms with Crippen molar-refractivity contribution < 1.29 is 13.2 Å². The van der Waals surface area contributed by atoms with Crippen LogP contribution in [0.2, 0.25) is 0 Å². The molecular weight excluding hydrogens is 278 g/mol. The Hall–Kier alpha value is -0.660. The van der Waals surface area contributed by atoms with Crippen LogP contribution in [0.5, 0.6) is 0 Å². The van der Waals surface area contributed by atoms with E-state index in [0.717, 1.165) is 32.2 Å². The molecule has 0 radical (unpaired) electrons. The van der Waals surface area contributed by atoms with Crippen LogP contribution in [0, 0.1) is 5.92 Å². The molecule has 0 aromatic heterocycles. The number of nitrogens with one attached hydrogen (secondary N) is 2. The van der Waals surface area contributed by atoms with Gasteiger partial charge in [0.15, 0.2) is 0 Å². The van der Waals surface area contributed by atoms with Crippen molar-refractivity contribution >= 4 is 15.9 Å². The van der Waals surface area contributed by atoms with Crippen LogP contribution in [0.4, 0.5) is 0 Å². The van der Waals surface area contributed by atoms with Gasteiger partial charge < -0.3 is 10.2 Å². The molecule has 3 fully saturated rings. The predicted octanol–water partition coefficient (Wildman–Crippen LogP) is -0.333. The minimum atomic E-state index is -3.20. The number of carbonyl (C=O) groups is 1. The summed E-state index contributed by atoms with van der Waals surface area (Å²) in [6, 6.07) is 0.730. The average molecular weight is 301 g/mol. The Morgan fingerprint density at radius 1 is 1.30 bits per heavy atom. The Balaban J connectivity index is 1.60. The lowest BCUT2D eigenvalue weighted by Gasteiger charge is -2.35. The lowest BCUT2D eigenvalue weighted by Crippen LogP contribution is -2.51. The van der Waals surface area contributed by atoms with E-state index in [0.29, 0.717) is 18.6 Å². The first-order chi connectivity index (χ1) is 9.42. The Labute approximate surface area is 120 Å². The highest BCUT2D eigenvalue weighted by Gasteiger charge is 2.44. The maximum atomic E-state index is 12.6. The molecule has 0 aromatic rings. The van der Waals surface area contributed by atoms with Gasteiger partial charge >= 0.3 is 0 Å². The molecule has 7 heteroatoms. The molecule has 3 aliphatic heterocycles. The fourth-order valence-electron chi connectivity index (χ4n) is 3.91. The monoisotopic (exact) mass is 301 g/mol. The number of rotatable bonds is 3. The molecule has 6 nitrogen and oxygen atoms in total. The van der Waals surface area contributed by atoms with Crippen molar-refractivity contribution in [3.05, 3.63) is 0 Å². The Morgan fingerprint density at radius 3 is 2.70 bits per heavy atom. The van der Waals surface area contributed by atoms with E-state index in [4.69, 9.17) is 0 Å². The van der Waals surface area contributed by atoms with Gasteiger partial charge in [-0.2, -0.15) is 0 Å². The van der Waals surface area contributed by atoms with Crippen LogP contribution in [0.3, 0.4) is 0 Å². The van der Waals surface area contributed by atoms with E-state index in [1.165, 1.54) is 12.7 Å². The molecule has 1 amide bonds. The standard InChI is InChI=1S/C13H23N3O3S/c1-20(18,19)15-10-3-2-6-16(8-10)13(17)11-7-9-4-5-12(11)14-9/h9-12,14-15H,2-8H2,1H3. The van der Waals surface area contributed by atoms with Crippen LogP contribution in [0.25, 0.3) is 0 Å². The van der Waals surface area contributed by atoms with Crippen LogP contribution < -0.4 is 10.0 Å². The van der Waals surface area contributed by atoms with Gasteiger partial charge in [-0.3, -0.25) is 4.79 Å². The third-order valence-corrected chi connectivity index (χ3v) is 5.49. The highest BCUT2D eigenvalue weighted by molar-refractivity contribution is 7.88. The van der Waals surface area contributed by atoms with E-state index in [2.05, 4.69) is 10.0 Å². The average Bonchev–Trinajstić information content (AvgIpc) is 2.98.